The molecule has 0 radical (unpaired) electrons. The summed E-state index contributed by atoms with van der Waals surface area (Å²) in [6.07, 6.45) is 6.30. The predicted molar refractivity (Wildman–Crippen MR) is 163 cm³/mol. The highest BCUT2D eigenvalue weighted by Crippen LogP contribution is 2.43. The molecular formula is C32H26Cl2N4O4. The van der Waals surface area contributed by atoms with Crippen LogP contribution in [0.25, 0.3) is 33.5 Å². The van der Waals surface area contributed by atoms with Crippen LogP contribution in [0.2, 0.25) is 10.0 Å². The molecule has 4 aromatic rings. The number of nitrogens with zero attached hydrogens (tertiary/aromatic N) is 4. The molecule has 1 fully saturated rings. The van der Waals surface area contributed by atoms with E-state index in [2.05, 4.69) is 10.2 Å². The molecule has 0 bridgehead atoms. The topological polar surface area (TPSA) is 97.4 Å². The van der Waals surface area contributed by atoms with E-state index in [9.17, 15) is 9.59 Å². The lowest BCUT2D eigenvalue weighted by molar-refractivity contribution is -0.117. The summed E-state index contributed by atoms with van der Waals surface area (Å²) in [7, 11) is 0. The molecule has 212 valence electrons. The zero-order chi connectivity index (χ0) is 29.4. The molecule has 1 saturated heterocycles. The van der Waals surface area contributed by atoms with Gasteiger partial charge >= 0.3 is 0 Å². The van der Waals surface area contributed by atoms with Crippen LogP contribution in [-0.4, -0.2) is 29.8 Å². The maximum Gasteiger partial charge on any atom is 0.229 e. The number of ether oxygens (including phenoxy) is 1. The average Bonchev–Trinajstić information content (AvgIpc) is 3.58. The molecule has 0 N–H and O–H groups in total. The van der Waals surface area contributed by atoms with E-state index in [0.29, 0.717) is 69.8 Å². The van der Waals surface area contributed by atoms with Crippen molar-refractivity contribution in [3.05, 3.63) is 88.4 Å². The third kappa shape index (κ3) is 5.35. The summed E-state index contributed by atoms with van der Waals surface area (Å²) in [5.74, 6) is -0.439. The van der Waals surface area contributed by atoms with Gasteiger partial charge in [-0.2, -0.15) is 10.2 Å². The largest absolute Gasteiger partial charge is 0.495 e. The van der Waals surface area contributed by atoms with Crippen LogP contribution in [-0.2, 0) is 9.53 Å². The van der Waals surface area contributed by atoms with E-state index >= 15 is 0 Å². The van der Waals surface area contributed by atoms with Crippen LogP contribution < -0.4 is 4.90 Å². The molecule has 2 aromatic heterocycles. The van der Waals surface area contributed by atoms with E-state index in [1.54, 1.807) is 55.4 Å². The second kappa shape index (κ2) is 11.5. The Bertz CT molecular complexity index is 1810. The fourth-order valence-corrected chi connectivity index (χ4v) is 5.37. The molecule has 10 heteroatoms. The van der Waals surface area contributed by atoms with Gasteiger partial charge in [-0.3, -0.25) is 9.59 Å². The minimum absolute atomic E-state index is 0.0491. The van der Waals surface area contributed by atoms with E-state index in [-0.39, 0.29) is 29.1 Å². The number of carbonyl (C=O) groups is 2. The Morgan fingerprint density at radius 2 is 1.86 bits per heavy atom. The maximum absolute atomic E-state index is 13.3. The summed E-state index contributed by atoms with van der Waals surface area (Å²) in [5, 5.41) is 10.1. The van der Waals surface area contributed by atoms with Gasteiger partial charge in [-0.1, -0.05) is 49.2 Å². The van der Waals surface area contributed by atoms with Crippen molar-refractivity contribution in [3.8, 4) is 22.4 Å². The van der Waals surface area contributed by atoms with Gasteiger partial charge in [0.15, 0.2) is 5.76 Å². The standard InChI is InChI=1S/C32H26Cl2N4O4/c1-18(2)30(40)31-29(38-13-3-6-27(38)39)25-16-24(19-7-9-20(33)10-8-19)28(35-32(25)42-31)23-12-11-21(15-26(23)34)36-37-22-5-4-14-41-17-22/h4-5,7-12,14-16,18H,3,6,13,17H2,1-2H3. The van der Waals surface area contributed by atoms with Crippen LogP contribution >= 0.6 is 23.2 Å². The van der Waals surface area contributed by atoms with Gasteiger partial charge in [-0.25, -0.2) is 4.98 Å². The molecule has 1 amide bonds. The first-order valence-electron chi connectivity index (χ1n) is 13.6. The number of rotatable bonds is 7. The van der Waals surface area contributed by atoms with Gasteiger partial charge in [0.2, 0.25) is 17.4 Å². The third-order valence-electron chi connectivity index (χ3n) is 7.10. The van der Waals surface area contributed by atoms with E-state index in [1.165, 1.54) is 0 Å². The number of amides is 1. The lowest BCUT2D eigenvalue weighted by Gasteiger charge is -2.17. The molecule has 0 aliphatic carbocycles. The van der Waals surface area contributed by atoms with Crippen molar-refractivity contribution in [2.24, 2.45) is 16.1 Å². The summed E-state index contributed by atoms with van der Waals surface area (Å²) in [4.78, 5) is 32.7. The Hall–Kier alpha value is -4.27. The SMILES string of the molecule is CC(C)C(=O)c1oc2nc(-c3ccc(N=NC4=CC=COC4)cc3Cl)c(-c3ccc(Cl)cc3)cc2c1N1CCCC1=O. The average molecular weight is 601 g/mol. The maximum atomic E-state index is 13.3. The first-order valence-corrected chi connectivity index (χ1v) is 14.3. The Labute approximate surface area is 252 Å². The highest BCUT2D eigenvalue weighted by atomic mass is 35.5. The normalized spacial score (nSPS) is 15.2. The molecule has 0 spiro atoms. The minimum atomic E-state index is -0.333. The zero-order valence-corrected chi connectivity index (χ0v) is 24.4. The Morgan fingerprint density at radius 3 is 2.52 bits per heavy atom. The van der Waals surface area contributed by atoms with E-state index in [4.69, 9.17) is 37.3 Å². The third-order valence-corrected chi connectivity index (χ3v) is 7.66. The summed E-state index contributed by atoms with van der Waals surface area (Å²) in [6.45, 7) is 4.45. The number of ketones is 1. The number of halogens is 2. The van der Waals surface area contributed by atoms with Crippen molar-refractivity contribution in [2.45, 2.75) is 26.7 Å². The van der Waals surface area contributed by atoms with Gasteiger partial charge < -0.3 is 14.1 Å². The number of hydrogen-bond donors (Lipinski definition) is 0. The van der Waals surface area contributed by atoms with Crippen LogP contribution in [0.4, 0.5) is 11.4 Å². The summed E-state index contributed by atoms with van der Waals surface area (Å²) >= 11 is 13.0. The van der Waals surface area contributed by atoms with Crippen molar-refractivity contribution >= 4 is 57.4 Å². The van der Waals surface area contributed by atoms with Gasteiger partial charge in [0.25, 0.3) is 0 Å². The van der Waals surface area contributed by atoms with Crippen molar-refractivity contribution in [3.63, 3.8) is 0 Å². The van der Waals surface area contributed by atoms with Gasteiger partial charge in [0, 0.05) is 35.0 Å². The molecule has 8 nitrogen and oxygen atoms in total. The van der Waals surface area contributed by atoms with E-state index < -0.39 is 0 Å². The second-order valence-electron chi connectivity index (χ2n) is 10.4. The second-order valence-corrected chi connectivity index (χ2v) is 11.2. The van der Waals surface area contributed by atoms with Gasteiger partial charge in [0.05, 0.1) is 28.1 Å². The molecule has 2 aliphatic rings. The van der Waals surface area contributed by atoms with Crippen LogP contribution in [0.1, 0.15) is 37.2 Å². The van der Waals surface area contributed by atoms with Crippen molar-refractivity contribution < 1.29 is 18.7 Å². The Balaban J connectivity index is 1.53. The zero-order valence-electron chi connectivity index (χ0n) is 22.9. The number of benzene rings is 2. The van der Waals surface area contributed by atoms with E-state index in [1.807, 2.05) is 30.3 Å². The number of azo groups is 1. The summed E-state index contributed by atoms with van der Waals surface area (Å²) < 4.78 is 11.4. The minimum Gasteiger partial charge on any atom is -0.495 e. The van der Waals surface area contributed by atoms with Crippen LogP contribution in [0.15, 0.2) is 87.3 Å². The molecular weight excluding hydrogens is 575 g/mol. The van der Waals surface area contributed by atoms with Gasteiger partial charge in [0.1, 0.15) is 18.0 Å². The molecule has 4 heterocycles. The first kappa shape index (κ1) is 27.9. The predicted octanol–water partition coefficient (Wildman–Crippen LogP) is 8.95. The van der Waals surface area contributed by atoms with Gasteiger partial charge in [-0.15, -0.1) is 0 Å². The van der Waals surface area contributed by atoms with Crippen LogP contribution in [0.3, 0.4) is 0 Å². The summed E-state index contributed by atoms with van der Waals surface area (Å²) in [6, 6.07) is 14.6. The highest BCUT2D eigenvalue weighted by Gasteiger charge is 2.33. The monoisotopic (exact) mass is 600 g/mol. The van der Waals surface area contributed by atoms with Crippen molar-refractivity contribution in [2.75, 3.05) is 18.1 Å². The quantitative estimate of drug-likeness (QED) is 0.156. The Morgan fingerprint density at radius 1 is 1.05 bits per heavy atom. The Kier molecular flexibility index (Phi) is 7.66. The van der Waals surface area contributed by atoms with Crippen molar-refractivity contribution in [1.29, 1.82) is 0 Å². The molecule has 0 unspecified atom stereocenters. The fraction of sp³-hybridized carbons (Fsp3) is 0.219. The summed E-state index contributed by atoms with van der Waals surface area (Å²) in [5.41, 5.74) is 4.72. The lowest BCUT2D eigenvalue weighted by Crippen LogP contribution is -2.25. The number of aromatic nitrogens is 1. The lowest BCUT2D eigenvalue weighted by atomic mass is 9.97. The molecule has 0 atom stereocenters. The van der Waals surface area contributed by atoms with Gasteiger partial charge in [-0.05, 0) is 60.5 Å². The fourth-order valence-electron chi connectivity index (χ4n) is 4.98. The number of carbonyl (C=O) groups excluding carboxylic acids is 2. The molecule has 42 heavy (non-hydrogen) atoms. The number of allylic oxidation sites excluding steroid dienone is 2. The first-order chi connectivity index (χ1) is 20.3. The van der Waals surface area contributed by atoms with E-state index in [0.717, 1.165) is 11.1 Å². The number of hydrogen-bond acceptors (Lipinski definition) is 7. The smallest absolute Gasteiger partial charge is 0.229 e. The highest BCUT2D eigenvalue weighted by molar-refractivity contribution is 6.34. The molecule has 2 aliphatic heterocycles. The van der Waals surface area contributed by atoms with Crippen LogP contribution in [0, 0.1) is 5.92 Å². The number of anilines is 1. The number of fused-ring (bicyclic) bond motifs is 1. The number of pyridine rings is 1. The van der Waals surface area contributed by atoms with Crippen molar-refractivity contribution in [1.82, 2.24) is 4.98 Å². The molecule has 0 saturated carbocycles. The number of furan rings is 1. The number of Topliss-reactive ketones (excluding diaryl/α,β-unsaturated/α-hetero) is 1. The molecule has 6 rings (SSSR count). The van der Waals surface area contributed by atoms with Crippen LogP contribution in [0.5, 0.6) is 0 Å². The molecule has 2 aromatic carbocycles.